The lowest BCUT2D eigenvalue weighted by atomic mass is 9.53. The van der Waals surface area contributed by atoms with Crippen LogP contribution in [0.1, 0.15) is 71.0 Å². The average molecular weight is 495 g/mol. The second-order valence-corrected chi connectivity index (χ2v) is 10.6. The summed E-state index contributed by atoms with van der Waals surface area (Å²) in [5.41, 5.74) is 8.27. The maximum Gasteiger partial charge on any atom is 0.255 e. The van der Waals surface area contributed by atoms with Crippen molar-refractivity contribution in [3.05, 3.63) is 58.5 Å². The van der Waals surface area contributed by atoms with E-state index in [1.807, 2.05) is 19.1 Å². The fourth-order valence-corrected chi connectivity index (χ4v) is 5.59. The molecule has 0 saturated heterocycles. The Hall–Kier alpha value is -3.33. The maximum absolute atomic E-state index is 12.9. The van der Waals surface area contributed by atoms with Crippen LogP contribution in [0.25, 0.3) is 5.69 Å². The van der Waals surface area contributed by atoms with E-state index in [2.05, 4.69) is 15.5 Å². The van der Waals surface area contributed by atoms with Gasteiger partial charge < -0.3 is 15.8 Å². The molecule has 2 aromatic heterocycles. The van der Waals surface area contributed by atoms with Gasteiger partial charge in [0.15, 0.2) is 0 Å². The molecule has 3 aliphatic rings. The van der Waals surface area contributed by atoms with Crippen molar-refractivity contribution in [3.8, 4) is 11.6 Å². The third kappa shape index (κ3) is 4.07. The first-order valence-electron chi connectivity index (χ1n) is 12.0. The van der Waals surface area contributed by atoms with Gasteiger partial charge in [0.25, 0.3) is 11.8 Å². The minimum atomic E-state index is -0.512. The van der Waals surface area contributed by atoms with Gasteiger partial charge >= 0.3 is 0 Å². The minimum Gasteiger partial charge on any atom is -0.473 e. The Morgan fingerprint density at radius 3 is 2.51 bits per heavy atom. The molecule has 35 heavy (non-hydrogen) atoms. The second-order valence-electron chi connectivity index (χ2n) is 10.2. The van der Waals surface area contributed by atoms with E-state index in [1.54, 1.807) is 33.9 Å². The minimum absolute atomic E-state index is 0.0205. The quantitative estimate of drug-likeness (QED) is 0.520. The molecule has 0 aliphatic heterocycles. The number of carbonyl (C=O) groups excluding carboxylic acids is 2. The Labute approximate surface area is 207 Å². The van der Waals surface area contributed by atoms with Crippen molar-refractivity contribution >= 4 is 23.4 Å². The summed E-state index contributed by atoms with van der Waals surface area (Å²) in [5.74, 6) is -0.268. The highest BCUT2D eigenvalue weighted by molar-refractivity contribution is 6.30. The molecule has 0 atom stereocenters. The topological polar surface area (TPSA) is 117 Å². The highest BCUT2D eigenvalue weighted by atomic mass is 35.5. The molecule has 10 heteroatoms. The number of amides is 2. The zero-order valence-corrected chi connectivity index (χ0v) is 20.2. The molecule has 2 heterocycles. The van der Waals surface area contributed by atoms with Crippen LogP contribution in [-0.2, 0) is 0 Å². The van der Waals surface area contributed by atoms with Gasteiger partial charge in [-0.3, -0.25) is 14.3 Å². The molecule has 2 amide bonds. The van der Waals surface area contributed by atoms with Crippen LogP contribution < -0.4 is 15.8 Å². The standard InChI is InChI=1S/C25H27ClN6O3/c1-14-20(12-28-32(14)18-4-2-15(26)3-5-18)23(34)29-16-8-25(9-16)10-19(11-25)35-24-21(22(27)33)13-31(30-24)17-6-7-17/h2-5,12-13,16-17,19H,6-11H2,1H3,(H2,27,33)(H,29,34)/t16-,19-,25?. The van der Waals surface area contributed by atoms with Crippen molar-refractivity contribution < 1.29 is 14.3 Å². The van der Waals surface area contributed by atoms with Crippen LogP contribution in [0.2, 0.25) is 5.02 Å². The predicted octanol–water partition coefficient (Wildman–Crippen LogP) is 3.58. The number of aromatic nitrogens is 4. The number of benzene rings is 1. The first-order chi connectivity index (χ1) is 16.8. The third-order valence-electron chi connectivity index (χ3n) is 7.50. The number of nitrogens with one attached hydrogen (secondary N) is 1. The fourth-order valence-electron chi connectivity index (χ4n) is 5.46. The molecule has 1 aromatic carbocycles. The molecular weight excluding hydrogens is 468 g/mol. The van der Waals surface area contributed by atoms with Crippen molar-refractivity contribution in [2.75, 3.05) is 0 Å². The van der Waals surface area contributed by atoms with Crippen LogP contribution in [0.15, 0.2) is 36.7 Å². The van der Waals surface area contributed by atoms with Crippen LogP contribution in [0.4, 0.5) is 0 Å². The van der Waals surface area contributed by atoms with Gasteiger partial charge in [0, 0.05) is 17.3 Å². The number of nitrogens with zero attached hydrogens (tertiary/aromatic N) is 4. The Balaban J connectivity index is 1.02. The van der Waals surface area contributed by atoms with Gasteiger partial charge in [0.2, 0.25) is 5.88 Å². The van der Waals surface area contributed by atoms with Gasteiger partial charge in [-0.25, -0.2) is 4.68 Å². The lowest BCUT2D eigenvalue weighted by Gasteiger charge is -2.57. The van der Waals surface area contributed by atoms with E-state index in [4.69, 9.17) is 22.1 Å². The molecule has 6 rings (SSSR count). The third-order valence-corrected chi connectivity index (χ3v) is 7.76. The number of hydrogen-bond donors (Lipinski definition) is 2. The number of carbonyl (C=O) groups is 2. The van der Waals surface area contributed by atoms with E-state index < -0.39 is 5.91 Å². The van der Waals surface area contributed by atoms with Gasteiger partial charge in [-0.15, -0.1) is 5.10 Å². The van der Waals surface area contributed by atoms with Crippen molar-refractivity contribution in [1.82, 2.24) is 24.9 Å². The zero-order chi connectivity index (χ0) is 24.3. The number of hydrogen-bond acceptors (Lipinski definition) is 5. The van der Waals surface area contributed by atoms with Crippen LogP contribution in [-0.4, -0.2) is 43.5 Å². The normalized spacial score (nSPS) is 25.1. The average Bonchev–Trinajstić information content (AvgIpc) is 3.42. The first-order valence-corrected chi connectivity index (χ1v) is 12.4. The predicted molar refractivity (Wildman–Crippen MR) is 129 cm³/mol. The van der Waals surface area contributed by atoms with E-state index in [0.717, 1.165) is 49.9 Å². The first kappa shape index (κ1) is 22.2. The molecule has 3 aromatic rings. The summed E-state index contributed by atoms with van der Waals surface area (Å²) in [6, 6.07) is 7.84. The Morgan fingerprint density at radius 1 is 1.14 bits per heavy atom. The Morgan fingerprint density at radius 2 is 1.86 bits per heavy atom. The van der Waals surface area contributed by atoms with E-state index in [-0.39, 0.29) is 23.5 Å². The highest BCUT2D eigenvalue weighted by Gasteiger charge is 2.54. The molecule has 3 N–H and O–H groups in total. The largest absolute Gasteiger partial charge is 0.473 e. The van der Waals surface area contributed by atoms with Gasteiger partial charge in [0.1, 0.15) is 11.7 Å². The van der Waals surface area contributed by atoms with Crippen LogP contribution in [0.3, 0.4) is 0 Å². The summed E-state index contributed by atoms with van der Waals surface area (Å²) in [6.45, 7) is 1.89. The summed E-state index contributed by atoms with van der Waals surface area (Å²) >= 11 is 5.97. The summed E-state index contributed by atoms with van der Waals surface area (Å²) in [4.78, 5) is 24.7. The van der Waals surface area contributed by atoms with Crippen molar-refractivity contribution in [2.24, 2.45) is 11.1 Å². The molecule has 0 radical (unpaired) electrons. The summed E-state index contributed by atoms with van der Waals surface area (Å²) < 4.78 is 9.59. The lowest BCUT2D eigenvalue weighted by molar-refractivity contribution is -0.0849. The molecule has 0 bridgehead atoms. The Bertz CT molecular complexity index is 1300. The summed E-state index contributed by atoms with van der Waals surface area (Å²) in [6.07, 6.45) is 9.09. The molecule has 3 aliphatic carbocycles. The van der Waals surface area contributed by atoms with Gasteiger partial charge in [-0.05, 0) is 75.1 Å². The molecule has 9 nitrogen and oxygen atoms in total. The monoisotopic (exact) mass is 494 g/mol. The SMILES string of the molecule is Cc1c(C(=O)N[C@H]2CC3(C2)C[C@H](Oc2nn(C4CC4)cc2C(N)=O)C3)cnn1-c1ccc(Cl)cc1. The maximum atomic E-state index is 12.9. The number of ether oxygens (including phenoxy) is 1. The molecule has 182 valence electrons. The van der Waals surface area contributed by atoms with Crippen molar-refractivity contribution in [2.45, 2.75) is 63.6 Å². The number of halogens is 1. The lowest BCUT2D eigenvalue weighted by Crippen LogP contribution is -2.58. The highest BCUT2D eigenvalue weighted by Crippen LogP contribution is 2.57. The van der Waals surface area contributed by atoms with Crippen molar-refractivity contribution in [3.63, 3.8) is 0 Å². The number of nitrogens with two attached hydrogens (primary N) is 1. The van der Waals surface area contributed by atoms with E-state index in [0.29, 0.717) is 28.1 Å². The fraction of sp³-hybridized carbons (Fsp3) is 0.440. The van der Waals surface area contributed by atoms with Crippen molar-refractivity contribution in [1.29, 1.82) is 0 Å². The number of primary amides is 1. The smallest absolute Gasteiger partial charge is 0.255 e. The van der Waals surface area contributed by atoms with E-state index >= 15 is 0 Å². The van der Waals surface area contributed by atoms with Gasteiger partial charge in [0.05, 0.1) is 29.2 Å². The van der Waals surface area contributed by atoms with Crippen LogP contribution in [0.5, 0.6) is 5.88 Å². The summed E-state index contributed by atoms with van der Waals surface area (Å²) in [5, 5.41) is 12.6. The van der Waals surface area contributed by atoms with Crippen LogP contribution >= 0.6 is 11.6 Å². The van der Waals surface area contributed by atoms with E-state index in [1.165, 1.54) is 0 Å². The number of rotatable bonds is 7. The second kappa shape index (κ2) is 8.12. The molecular formula is C25H27ClN6O3. The van der Waals surface area contributed by atoms with Gasteiger partial charge in [-0.1, -0.05) is 11.6 Å². The summed E-state index contributed by atoms with van der Waals surface area (Å²) in [7, 11) is 0. The molecule has 3 saturated carbocycles. The zero-order valence-electron chi connectivity index (χ0n) is 19.4. The Kier molecular flexibility index (Phi) is 5.14. The molecule has 3 fully saturated rings. The molecule has 0 unspecified atom stereocenters. The van der Waals surface area contributed by atoms with E-state index in [9.17, 15) is 9.59 Å². The van der Waals surface area contributed by atoms with Gasteiger partial charge in [-0.2, -0.15) is 5.10 Å². The van der Waals surface area contributed by atoms with Crippen LogP contribution in [0, 0.1) is 12.3 Å². The molecule has 1 spiro atoms.